The molecule has 0 unspecified atom stereocenters. The van der Waals surface area contributed by atoms with E-state index in [-0.39, 0.29) is 5.70 Å². The molecule has 1 aliphatic heterocycles. The predicted octanol–water partition coefficient (Wildman–Crippen LogP) is 0.969. The Hall–Kier alpha value is -2.14. The van der Waals surface area contributed by atoms with Gasteiger partial charge in [0, 0.05) is 0 Å². The molecular weight excluding hydrogens is 196 g/mol. The summed E-state index contributed by atoms with van der Waals surface area (Å²) in [5, 5.41) is 11.5. The number of imide groups is 1. The van der Waals surface area contributed by atoms with Gasteiger partial charge in [0.2, 0.25) is 0 Å². The van der Waals surface area contributed by atoms with Crippen LogP contribution in [0.1, 0.15) is 5.56 Å². The molecule has 0 radical (unpaired) electrons. The SMILES string of the molecule is O=C1NC(=O)N(O)C1=Cc1ccccc1. The average Bonchev–Trinajstić information content (AvgIpc) is 2.47. The van der Waals surface area contributed by atoms with E-state index in [1.165, 1.54) is 6.08 Å². The van der Waals surface area contributed by atoms with Crippen LogP contribution in [0.4, 0.5) is 4.79 Å². The first kappa shape index (κ1) is 9.42. The van der Waals surface area contributed by atoms with Crippen molar-refractivity contribution in [2.75, 3.05) is 0 Å². The van der Waals surface area contributed by atoms with Gasteiger partial charge in [-0.1, -0.05) is 30.3 Å². The molecule has 0 aliphatic carbocycles. The summed E-state index contributed by atoms with van der Waals surface area (Å²) in [6, 6.07) is 8.11. The van der Waals surface area contributed by atoms with E-state index in [0.717, 1.165) is 5.56 Å². The summed E-state index contributed by atoms with van der Waals surface area (Å²) >= 11 is 0. The van der Waals surface area contributed by atoms with Gasteiger partial charge in [0.15, 0.2) is 0 Å². The van der Waals surface area contributed by atoms with Gasteiger partial charge in [0.05, 0.1) is 0 Å². The minimum Gasteiger partial charge on any atom is -0.279 e. The molecule has 1 aromatic rings. The van der Waals surface area contributed by atoms with Crippen LogP contribution in [0.2, 0.25) is 0 Å². The lowest BCUT2D eigenvalue weighted by molar-refractivity contribution is -0.117. The molecule has 1 aliphatic rings. The normalized spacial score (nSPS) is 18.5. The number of benzene rings is 1. The maximum Gasteiger partial charge on any atom is 0.353 e. The smallest absolute Gasteiger partial charge is 0.279 e. The number of hydroxylamine groups is 2. The van der Waals surface area contributed by atoms with E-state index in [1.54, 1.807) is 24.3 Å². The first-order valence-corrected chi connectivity index (χ1v) is 4.29. The van der Waals surface area contributed by atoms with Crippen LogP contribution in [-0.2, 0) is 4.79 Å². The quantitative estimate of drug-likeness (QED) is 0.407. The molecule has 1 fully saturated rings. The van der Waals surface area contributed by atoms with Crippen molar-refractivity contribution in [2.24, 2.45) is 0 Å². The largest absolute Gasteiger partial charge is 0.353 e. The van der Waals surface area contributed by atoms with Crippen LogP contribution in [-0.4, -0.2) is 22.2 Å². The topological polar surface area (TPSA) is 69.6 Å². The van der Waals surface area contributed by atoms with Gasteiger partial charge < -0.3 is 0 Å². The second-order valence-corrected chi connectivity index (χ2v) is 3.01. The zero-order valence-electron chi connectivity index (χ0n) is 7.68. The monoisotopic (exact) mass is 204 g/mol. The maximum atomic E-state index is 11.2. The predicted molar refractivity (Wildman–Crippen MR) is 51.6 cm³/mol. The molecule has 0 saturated carbocycles. The summed E-state index contributed by atoms with van der Waals surface area (Å²) < 4.78 is 0. The third kappa shape index (κ3) is 1.72. The summed E-state index contributed by atoms with van der Waals surface area (Å²) in [6.07, 6.45) is 1.43. The molecule has 1 aromatic carbocycles. The Balaban J connectivity index is 2.35. The molecule has 0 atom stereocenters. The van der Waals surface area contributed by atoms with E-state index >= 15 is 0 Å². The van der Waals surface area contributed by atoms with Crippen molar-refractivity contribution < 1.29 is 14.8 Å². The average molecular weight is 204 g/mol. The van der Waals surface area contributed by atoms with Crippen molar-refractivity contribution in [1.29, 1.82) is 0 Å². The van der Waals surface area contributed by atoms with E-state index in [4.69, 9.17) is 0 Å². The Kier molecular flexibility index (Phi) is 2.23. The Labute approximate surface area is 85.6 Å². The van der Waals surface area contributed by atoms with Crippen LogP contribution in [0, 0.1) is 0 Å². The number of rotatable bonds is 1. The first-order valence-electron chi connectivity index (χ1n) is 4.29. The molecule has 0 spiro atoms. The van der Waals surface area contributed by atoms with Crippen molar-refractivity contribution >= 4 is 18.0 Å². The zero-order valence-corrected chi connectivity index (χ0v) is 7.68. The number of nitrogens with zero attached hydrogens (tertiary/aromatic N) is 1. The van der Waals surface area contributed by atoms with Gasteiger partial charge in [-0.25, -0.2) is 4.79 Å². The van der Waals surface area contributed by atoms with Crippen molar-refractivity contribution in [1.82, 2.24) is 10.4 Å². The molecule has 1 heterocycles. The summed E-state index contributed by atoms with van der Waals surface area (Å²) in [5.41, 5.74) is 0.655. The van der Waals surface area contributed by atoms with Crippen LogP contribution >= 0.6 is 0 Å². The molecule has 2 N–H and O–H groups in total. The second-order valence-electron chi connectivity index (χ2n) is 3.01. The summed E-state index contributed by atoms with van der Waals surface area (Å²) in [4.78, 5) is 22.1. The van der Waals surface area contributed by atoms with Crippen molar-refractivity contribution in [3.63, 3.8) is 0 Å². The van der Waals surface area contributed by atoms with Gasteiger partial charge in [-0.05, 0) is 11.6 Å². The van der Waals surface area contributed by atoms with Crippen LogP contribution in [0.15, 0.2) is 36.0 Å². The second kappa shape index (κ2) is 3.55. The summed E-state index contributed by atoms with van der Waals surface area (Å²) in [5.74, 6) is -0.605. The molecule has 76 valence electrons. The molecule has 15 heavy (non-hydrogen) atoms. The fourth-order valence-corrected chi connectivity index (χ4v) is 1.25. The number of carbonyl (C=O) groups is 2. The highest BCUT2D eigenvalue weighted by Gasteiger charge is 2.31. The summed E-state index contributed by atoms with van der Waals surface area (Å²) in [6.45, 7) is 0. The number of hydrogen-bond acceptors (Lipinski definition) is 3. The third-order valence-corrected chi connectivity index (χ3v) is 1.98. The van der Waals surface area contributed by atoms with Crippen molar-refractivity contribution in [3.8, 4) is 0 Å². The number of urea groups is 1. The highest BCUT2D eigenvalue weighted by Crippen LogP contribution is 2.13. The molecule has 0 bridgehead atoms. The van der Waals surface area contributed by atoms with Crippen molar-refractivity contribution in [2.45, 2.75) is 0 Å². The Bertz CT molecular complexity index is 439. The molecule has 3 amide bonds. The number of hydrogen-bond donors (Lipinski definition) is 2. The Morgan fingerprint density at radius 1 is 1.20 bits per heavy atom. The van der Waals surface area contributed by atoms with Gasteiger partial charge in [-0.3, -0.25) is 15.3 Å². The van der Waals surface area contributed by atoms with Crippen LogP contribution in [0.5, 0.6) is 0 Å². The molecule has 1 saturated heterocycles. The first-order chi connectivity index (χ1) is 7.18. The van der Waals surface area contributed by atoms with Gasteiger partial charge >= 0.3 is 6.03 Å². The van der Waals surface area contributed by atoms with E-state index in [9.17, 15) is 14.8 Å². The van der Waals surface area contributed by atoms with Gasteiger partial charge in [0.25, 0.3) is 5.91 Å². The molecule has 5 nitrogen and oxygen atoms in total. The summed E-state index contributed by atoms with van der Waals surface area (Å²) in [7, 11) is 0. The standard InChI is InChI=1S/C10H8N2O3/c13-9-8(12(15)10(14)11-9)6-7-4-2-1-3-5-7/h1-6,15H,(H,11,13,14). The fraction of sp³-hybridized carbons (Fsp3) is 0. The lowest BCUT2D eigenvalue weighted by atomic mass is 10.2. The number of nitrogens with one attached hydrogen (secondary N) is 1. The third-order valence-electron chi connectivity index (χ3n) is 1.98. The van der Waals surface area contributed by atoms with Gasteiger partial charge in [-0.15, -0.1) is 0 Å². The number of amides is 3. The highest BCUT2D eigenvalue weighted by atomic mass is 16.5. The van der Waals surface area contributed by atoms with Crippen LogP contribution in [0.25, 0.3) is 6.08 Å². The Morgan fingerprint density at radius 3 is 2.40 bits per heavy atom. The molecular formula is C10H8N2O3. The zero-order chi connectivity index (χ0) is 10.8. The highest BCUT2D eigenvalue weighted by molar-refractivity contribution is 6.13. The van der Waals surface area contributed by atoms with E-state index in [0.29, 0.717) is 5.06 Å². The van der Waals surface area contributed by atoms with Crippen LogP contribution in [0.3, 0.4) is 0 Å². The van der Waals surface area contributed by atoms with E-state index < -0.39 is 11.9 Å². The van der Waals surface area contributed by atoms with Crippen molar-refractivity contribution in [3.05, 3.63) is 41.6 Å². The van der Waals surface area contributed by atoms with Crippen LogP contribution < -0.4 is 5.32 Å². The van der Waals surface area contributed by atoms with E-state index in [1.807, 2.05) is 11.4 Å². The Morgan fingerprint density at radius 2 is 1.87 bits per heavy atom. The number of carbonyl (C=O) groups excluding carboxylic acids is 2. The lowest BCUT2D eigenvalue weighted by Crippen LogP contribution is -2.24. The minimum atomic E-state index is -0.831. The molecule has 5 heteroatoms. The lowest BCUT2D eigenvalue weighted by Gasteiger charge is -2.03. The maximum absolute atomic E-state index is 11.2. The fourth-order valence-electron chi connectivity index (χ4n) is 1.25. The molecule has 0 aromatic heterocycles. The van der Waals surface area contributed by atoms with Gasteiger partial charge in [-0.2, -0.15) is 5.06 Å². The van der Waals surface area contributed by atoms with E-state index in [2.05, 4.69) is 0 Å². The minimum absolute atomic E-state index is 0.0776. The molecule has 2 rings (SSSR count). The van der Waals surface area contributed by atoms with Gasteiger partial charge in [0.1, 0.15) is 5.70 Å².